The van der Waals surface area contributed by atoms with Crippen LogP contribution in [0, 0.1) is 25.2 Å². The van der Waals surface area contributed by atoms with Gasteiger partial charge in [0.2, 0.25) is 0 Å². The maximum absolute atomic E-state index is 9.17. The van der Waals surface area contributed by atoms with Gasteiger partial charge in [0, 0.05) is 17.1 Å². The number of nitriles is 1. The van der Waals surface area contributed by atoms with Gasteiger partial charge in [-0.2, -0.15) is 5.26 Å². The Kier molecular flexibility index (Phi) is 3.64. The molecule has 0 aliphatic carbocycles. The fraction of sp³-hybridized carbons (Fsp3) is 0.0769. The molecule has 0 radical (unpaired) electrons. The molecule has 5 rings (SSSR count). The van der Waals surface area contributed by atoms with Crippen molar-refractivity contribution in [2.75, 3.05) is 0 Å². The second-order valence-corrected chi connectivity index (χ2v) is 7.41. The molecule has 0 unspecified atom stereocenters. The molecule has 1 aromatic heterocycles. The van der Waals surface area contributed by atoms with Crippen molar-refractivity contribution in [3.05, 3.63) is 89.6 Å². The molecule has 0 N–H and O–H groups in total. The van der Waals surface area contributed by atoms with Crippen molar-refractivity contribution in [1.29, 1.82) is 5.26 Å². The van der Waals surface area contributed by atoms with Crippen LogP contribution in [-0.2, 0) is 0 Å². The summed E-state index contributed by atoms with van der Waals surface area (Å²) in [4.78, 5) is 4.72. The van der Waals surface area contributed by atoms with E-state index in [9.17, 15) is 5.26 Å². The van der Waals surface area contributed by atoms with Crippen LogP contribution in [0.2, 0.25) is 0 Å². The van der Waals surface area contributed by atoms with Crippen LogP contribution in [0.4, 0.5) is 0 Å². The minimum Gasteiger partial charge on any atom is -0.256 e. The van der Waals surface area contributed by atoms with Crippen molar-refractivity contribution in [2.45, 2.75) is 13.8 Å². The zero-order chi connectivity index (χ0) is 19.3. The summed E-state index contributed by atoms with van der Waals surface area (Å²) in [6, 6.07) is 25.4. The first-order valence-electron chi connectivity index (χ1n) is 9.37. The van der Waals surface area contributed by atoms with Gasteiger partial charge < -0.3 is 0 Å². The lowest BCUT2D eigenvalue weighted by Crippen LogP contribution is -1.89. The number of hydrogen-bond acceptors (Lipinski definition) is 2. The number of aromatic nitrogens is 1. The Morgan fingerprint density at radius 3 is 2.11 bits per heavy atom. The lowest BCUT2D eigenvalue weighted by molar-refractivity contribution is 1.33. The van der Waals surface area contributed by atoms with Crippen molar-refractivity contribution in [3.8, 4) is 17.3 Å². The highest BCUT2D eigenvalue weighted by molar-refractivity contribution is 6.19. The first kappa shape index (κ1) is 16.5. The van der Waals surface area contributed by atoms with Gasteiger partial charge in [-0.25, -0.2) is 0 Å². The monoisotopic (exact) mass is 358 g/mol. The first-order valence-corrected chi connectivity index (χ1v) is 9.37. The molecule has 0 fully saturated rings. The highest BCUT2D eigenvalue weighted by atomic mass is 14.7. The Morgan fingerprint density at radius 2 is 1.32 bits per heavy atom. The Bertz CT molecular complexity index is 1420. The van der Waals surface area contributed by atoms with Crippen LogP contribution in [0.25, 0.3) is 43.6 Å². The second-order valence-electron chi connectivity index (χ2n) is 7.41. The summed E-state index contributed by atoms with van der Waals surface area (Å²) in [6.45, 7) is 4.25. The van der Waals surface area contributed by atoms with Crippen LogP contribution >= 0.6 is 0 Å². The number of hydrogen-bond donors (Lipinski definition) is 0. The smallest absolute Gasteiger partial charge is 0.0991 e. The summed E-state index contributed by atoms with van der Waals surface area (Å²) in [5, 5.41) is 16.2. The Hall–Kier alpha value is -3.70. The van der Waals surface area contributed by atoms with Gasteiger partial charge in [0.05, 0.1) is 17.3 Å². The van der Waals surface area contributed by atoms with Crippen molar-refractivity contribution in [3.63, 3.8) is 0 Å². The molecular weight excluding hydrogens is 340 g/mol. The third kappa shape index (κ3) is 2.52. The van der Waals surface area contributed by atoms with E-state index in [1.807, 2.05) is 24.4 Å². The van der Waals surface area contributed by atoms with E-state index < -0.39 is 0 Å². The molecule has 0 aliphatic heterocycles. The topological polar surface area (TPSA) is 36.7 Å². The lowest BCUT2D eigenvalue weighted by Gasteiger charge is -2.11. The summed E-state index contributed by atoms with van der Waals surface area (Å²) in [7, 11) is 0. The molecule has 0 saturated heterocycles. The van der Waals surface area contributed by atoms with E-state index in [4.69, 9.17) is 4.98 Å². The Morgan fingerprint density at radius 1 is 0.679 bits per heavy atom. The fourth-order valence-electron chi connectivity index (χ4n) is 4.22. The summed E-state index contributed by atoms with van der Waals surface area (Å²) >= 11 is 0. The van der Waals surface area contributed by atoms with Crippen molar-refractivity contribution in [1.82, 2.24) is 4.98 Å². The summed E-state index contributed by atoms with van der Waals surface area (Å²) < 4.78 is 0. The van der Waals surface area contributed by atoms with Gasteiger partial charge in [0.1, 0.15) is 0 Å². The number of benzene rings is 4. The van der Waals surface area contributed by atoms with Crippen molar-refractivity contribution in [2.24, 2.45) is 0 Å². The molecule has 1 heterocycles. The maximum Gasteiger partial charge on any atom is 0.0991 e. The van der Waals surface area contributed by atoms with E-state index in [-0.39, 0.29) is 0 Å². The molecule has 0 bridgehead atoms. The molecule has 0 saturated carbocycles. The Balaban J connectivity index is 1.84. The van der Waals surface area contributed by atoms with E-state index >= 15 is 0 Å². The molecule has 0 atom stereocenters. The molecule has 0 spiro atoms. The molecule has 5 aromatic rings. The standard InChI is InChI=1S/C26H18N2/c1-16-11-17(2)13-20(12-16)26-25-8-7-22-21-5-3-18(15-27)14-19(21)4-6-23(22)24(25)9-10-28-26/h3-14H,1-2H3. The molecule has 2 heteroatoms. The molecule has 0 aliphatic rings. The number of nitrogens with zero attached hydrogens (tertiary/aromatic N) is 2. The van der Waals surface area contributed by atoms with E-state index in [1.165, 1.54) is 32.7 Å². The highest BCUT2D eigenvalue weighted by Gasteiger charge is 2.10. The number of pyridine rings is 1. The normalized spacial score (nSPS) is 11.2. The van der Waals surface area contributed by atoms with Gasteiger partial charge in [0.25, 0.3) is 0 Å². The lowest BCUT2D eigenvalue weighted by atomic mass is 9.94. The van der Waals surface area contributed by atoms with Gasteiger partial charge in [-0.05, 0) is 71.1 Å². The molecule has 2 nitrogen and oxygen atoms in total. The van der Waals surface area contributed by atoms with Crippen molar-refractivity contribution >= 4 is 32.3 Å². The molecule has 132 valence electrons. The number of fused-ring (bicyclic) bond motifs is 5. The first-order chi connectivity index (χ1) is 13.6. The minimum atomic E-state index is 0.689. The average Bonchev–Trinajstić information content (AvgIpc) is 2.71. The van der Waals surface area contributed by atoms with Crippen LogP contribution in [0.15, 0.2) is 72.9 Å². The minimum absolute atomic E-state index is 0.689. The maximum atomic E-state index is 9.17. The van der Waals surface area contributed by atoms with Crippen LogP contribution in [0.3, 0.4) is 0 Å². The van der Waals surface area contributed by atoms with Gasteiger partial charge in [-0.15, -0.1) is 0 Å². The molecule has 28 heavy (non-hydrogen) atoms. The van der Waals surface area contributed by atoms with Crippen molar-refractivity contribution < 1.29 is 0 Å². The summed E-state index contributed by atoms with van der Waals surface area (Å²) in [5.74, 6) is 0. The van der Waals surface area contributed by atoms with E-state index in [1.54, 1.807) is 0 Å². The van der Waals surface area contributed by atoms with Crippen LogP contribution in [0.5, 0.6) is 0 Å². The van der Waals surface area contributed by atoms with Gasteiger partial charge >= 0.3 is 0 Å². The largest absolute Gasteiger partial charge is 0.256 e. The highest BCUT2D eigenvalue weighted by Crippen LogP contribution is 2.35. The molecular formula is C26H18N2. The van der Waals surface area contributed by atoms with Crippen LogP contribution in [0.1, 0.15) is 16.7 Å². The quantitative estimate of drug-likeness (QED) is 0.313. The van der Waals surface area contributed by atoms with Gasteiger partial charge in [-0.1, -0.05) is 47.5 Å². The Labute approximate surface area is 163 Å². The number of aryl methyl sites for hydroxylation is 2. The SMILES string of the molecule is Cc1cc(C)cc(-c2nccc3c2ccc2c4ccc(C#N)cc4ccc32)c1. The van der Waals surface area contributed by atoms with E-state index in [0.717, 1.165) is 22.0 Å². The predicted octanol–water partition coefficient (Wildman–Crippen LogP) is 6.70. The molecule has 0 amide bonds. The summed E-state index contributed by atoms with van der Waals surface area (Å²) in [6.07, 6.45) is 1.90. The van der Waals surface area contributed by atoms with Crippen LogP contribution < -0.4 is 0 Å². The van der Waals surface area contributed by atoms with Crippen LogP contribution in [-0.4, -0.2) is 4.98 Å². The van der Waals surface area contributed by atoms with E-state index in [2.05, 4.69) is 68.4 Å². The summed E-state index contributed by atoms with van der Waals surface area (Å²) in [5.41, 5.74) is 5.35. The zero-order valence-corrected chi connectivity index (χ0v) is 15.8. The van der Waals surface area contributed by atoms with E-state index in [0.29, 0.717) is 5.56 Å². The zero-order valence-electron chi connectivity index (χ0n) is 15.8. The third-order valence-corrected chi connectivity index (χ3v) is 5.38. The second kappa shape index (κ2) is 6.18. The average molecular weight is 358 g/mol. The van der Waals surface area contributed by atoms with Gasteiger partial charge in [-0.3, -0.25) is 4.98 Å². The number of rotatable bonds is 1. The fourth-order valence-corrected chi connectivity index (χ4v) is 4.22. The third-order valence-electron chi connectivity index (χ3n) is 5.38. The van der Waals surface area contributed by atoms with Gasteiger partial charge in [0.15, 0.2) is 0 Å². The predicted molar refractivity (Wildman–Crippen MR) is 116 cm³/mol. The molecule has 4 aromatic carbocycles.